The van der Waals surface area contributed by atoms with E-state index in [-0.39, 0.29) is 5.82 Å². The first-order valence-electron chi connectivity index (χ1n) is 6.14. The SMILES string of the molecule is Cc1cccc(CNCc2cc(C#N)ccc2F)c1. The minimum atomic E-state index is -0.282. The number of rotatable bonds is 4. The smallest absolute Gasteiger partial charge is 0.127 e. The van der Waals surface area contributed by atoms with Crippen LogP contribution in [0, 0.1) is 24.1 Å². The molecule has 0 saturated heterocycles. The lowest BCUT2D eigenvalue weighted by Crippen LogP contribution is -2.14. The summed E-state index contributed by atoms with van der Waals surface area (Å²) in [6.45, 7) is 3.13. The summed E-state index contributed by atoms with van der Waals surface area (Å²) in [7, 11) is 0. The van der Waals surface area contributed by atoms with Gasteiger partial charge in [-0.05, 0) is 30.7 Å². The van der Waals surface area contributed by atoms with E-state index in [2.05, 4.69) is 11.4 Å². The summed E-state index contributed by atoms with van der Waals surface area (Å²) in [5.41, 5.74) is 3.37. The van der Waals surface area contributed by atoms with Crippen LogP contribution in [0.15, 0.2) is 42.5 Å². The summed E-state index contributed by atoms with van der Waals surface area (Å²) in [5, 5.41) is 12.0. The van der Waals surface area contributed by atoms with Crippen LogP contribution in [-0.4, -0.2) is 0 Å². The molecule has 1 N–H and O–H groups in total. The van der Waals surface area contributed by atoms with Crippen LogP contribution in [-0.2, 0) is 13.1 Å². The summed E-state index contributed by atoms with van der Waals surface area (Å²) in [6, 6.07) is 14.6. The Hall–Kier alpha value is -2.18. The number of aryl methyl sites for hydroxylation is 1. The van der Waals surface area contributed by atoms with E-state index in [0.717, 1.165) is 5.56 Å². The second kappa shape index (κ2) is 6.12. The van der Waals surface area contributed by atoms with Gasteiger partial charge in [0, 0.05) is 18.7 Å². The molecule has 0 bridgehead atoms. The van der Waals surface area contributed by atoms with Crippen LogP contribution in [0.5, 0.6) is 0 Å². The molecule has 0 spiro atoms. The third kappa shape index (κ3) is 3.64. The molecule has 0 radical (unpaired) electrons. The van der Waals surface area contributed by atoms with Gasteiger partial charge in [0.15, 0.2) is 0 Å². The summed E-state index contributed by atoms with van der Waals surface area (Å²) in [5.74, 6) is -0.282. The highest BCUT2D eigenvalue weighted by Gasteiger charge is 2.03. The number of nitrogens with one attached hydrogen (secondary N) is 1. The van der Waals surface area contributed by atoms with Gasteiger partial charge in [0.1, 0.15) is 5.82 Å². The van der Waals surface area contributed by atoms with Crippen LogP contribution in [0.2, 0.25) is 0 Å². The van der Waals surface area contributed by atoms with Crippen LogP contribution >= 0.6 is 0 Å². The molecule has 0 fully saturated rings. The lowest BCUT2D eigenvalue weighted by Gasteiger charge is -2.07. The van der Waals surface area contributed by atoms with Crippen LogP contribution in [0.4, 0.5) is 4.39 Å². The first-order valence-corrected chi connectivity index (χ1v) is 6.14. The van der Waals surface area contributed by atoms with Crippen molar-refractivity contribution in [3.63, 3.8) is 0 Å². The Bertz CT molecular complexity index is 614. The quantitative estimate of drug-likeness (QED) is 0.908. The Morgan fingerprint density at radius 2 is 2.00 bits per heavy atom. The zero-order chi connectivity index (χ0) is 13.7. The van der Waals surface area contributed by atoms with Gasteiger partial charge < -0.3 is 5.32 Å². The Morgan fingerprint density at radius 1 is 1.16 bits per heavy atom. The fourth-order valence-corrected chi connectivity index (χ4v) is 1.94. The van der Waals surface area contributed by atoms with Crippen LogP contribution < -0.4 is 5.32 Å². The molecule has 2 aromatic carbocycles. The van der Waals surface area contributed by atoms with Gasteiger partial charge >= 0.3 is 0 Å². The Labute approximate surface area is 112 Å². The topological polar surface area (TPSA) is 35.8 Å². The number of benzene rings is 2. The van der Waals surface area contributed by atoms with Gasteiger partial charge in [-0.3, -0.25) is 0 Å². The van der Waals surface area contributed by atoms with Crippen molar-refractivity contribution in [2.45, 2.75) is 20.0 Å². The number of hydrogen-bond acceptors (Lipinski definition) is 2. The predicted octanol–water partition coefficient (Wildman–Crippen LogP) is 3.30. The highest BCUT2D eigenvalue weighted by atomic mass is 19.1. The van der Waals surface area contributed by atoms with E-state index in [0.29, 0.717) is 24.2 Å². The molecule has 0 aromatic heterocycles. The van der Waals surface area contributed by atoms with Crippen molar-refractivity contribution in [1.29, 1.82) is 5.26 Å². The van der Waals surface area contributed by atoms with Crippen molar-refractivity contribution in [3.05, 3.63) is 70.5 Å². The van der Waals surface area contributed by atoms with E-state index >= 15 is 0 Å². The molecule has 0 amide bonds. The van der Waals surface area contributed by atoms with Gasteiger partial charge in [-0.15, -0.1) is 0 Å². The summed E-state index contributed by atoms with van der Waals surface area (Å²) in [6.07, 6.45) is 0. The molecule has 0 aliphatic carbocycles. The molecule has 2 rings (SSSR count). The Balaban J connectivity index is 1.98. The highest BCUT2D eigenvalue weighted by Crippen LogP contribution is 2.10. The van der Waals surface area contributed by atoms with E-state index in [1.54, 1.807) is 6.07 Å². The molecule has 19 heavy (non-hydrogen) atoms. The Morgan fingerprint density at radius 3 is 2.74 bits per heavy atom. The molecule has 96 valence electrons. The number of nitriles is 1. The third-order valence-corrected chi connectivity index (χ3v) is 2.90. The minimum absolute atomic E-state index is 0.282. The van der Waals surface area contributed by atoms with Crippen molar-refractivity contribution < 1.29 is 4.39 Å². The predicted molar refractivity (Wildman–Crippen MR) is 72.8 cm³/mol. The number of hydrogen-bond donors (Lipinski definition) is 1. The van der Waals surface area contributed by atoms with E-state index in [9.17, 15) is 4.39 Å². The van der Waals surface area contributed by atoms with Gasteiger partial charge in [0.2, 0.25) is 0 Å². The number of nitrogens with zero attached hydrogens (tertiary/aromatic N) is 1. The second-order valence-corrected chi connectivity index (χ2v) is 4.51. The van der Waals surface area contributed by atoms with Crippen LogP contribution in [0.1, 0.15) is 22.3 Å². The van der Waals surface area contributed by atoms with E-state index in [4.69, 9.17) is 5.26 Å². The monoisotopic (exact) mass is 254 g/mol. The average molecular weight is 254 g/mol. The molecule has 0 aliphatic rings. The average Bonchev–Trinajstić information content (AvgIpc) is 2.41. The zero-order valence-electron chi connectivity index (χ0n) is 10.8. The Kier molecular flexibility index (Phi) is 4.27. The first-order chi connectivity index (χ1) is 9.19. The highest BCUT2D eigenvalue weighted by molar-refractivity contribution is 5.33. The largest absolute Gasteiger partial charge is 0.309 e. The van der Waals surface area contributed by atoms with Gasteiger partial charge in [-0.1, -0.05) is 29.8 Å². The minimum Gasteiger partial charge on any atom is -0.309 e. The molecule has 2 nitrogen and oxygen atoms in total. The fraction of sp³-hybridized carbons (Fsp3) is 0.188. The summed E-state index contributed by atoms with van der Waals surface area (Å²) < 4.78 is 13.5. The fourth-order valence-electron chi connectivity index (χ4n) is 1.94. The van der Waals surface area contributed by atoms with Crippen LogP contribution in [0.3, 0.4) is 0 Å². The first kappa shape index (κ1) is 13.3. The normalized spacial score (nSPS) is 10.2. The molecular formula is C16H15FN2. The zero-order valence-corrected chi connectivity index (χ0v) is 10.8. The van der Waals surface area contributed by atoms with Crippen molar-refractivity contribution in [1.82, 2.24) is 5.32 Å². The summed E-state index contributed by atoms with van der Waals surface area (Å²) >= 11 is 0. The van der Waals surface area contributed by atoms with Gasteiger partial charge in [-0.25, -0.2) is 4.39 Å². The molecule has 0 heterocycles. The third-order valence-electron chi connectivity index (χ3n) is 2.90. The van der Waals surface area contributed by atoms with Gasteiger partial charge in [0.05, 0.1) is 11.6 Å². The molecular weight excluding hydrogens is 239 g/mol. The maximum absolute atomic E-state index is 13.5. The molecule has 0 atom stereocenters. The number of halogens is 1. The van der Waals surface area contributed by atoms with Crippen molar-refractivity contribution in [2.24, 2.45) is 0 Å². The molecule has 0 unspecified atom stereocenters. The summed E-state index contributed by atoms with van der Waals surface area (Å²) in [4.78, 5) is 0. The van der Waals surface area contributed by atoms with Crippen molar-refractivity contribution in [3.8, 4) is 6.07 Å². The standard InChI is InChI=1S/C16H15FN2/c1-12-3-2-4-14(7-12)10-19-11-15-8-13(9-18)5-6-16(15)17/h2-8,19H,10-11H2,1H3. The lowest BCUT2D eigenvalue weighted by molar-refractivity contribution is 0.587. The van der Waals surface area contributed by atoms with E-state index < -0.39 is 0 Å². The maximum atomic E-state index is 13.5. The second-order valence-electron chi connectivity index (χ2n) is 4.51. The van der Waals surface area contributed by atoms with Gasteiger partial charge in [-0.2, -0.15) is 5.26 Å². The van der Waals surface area contributed by atoms with Crippen molar-refractivity contribution in [2.75, 3.05) is 0 Å². The van der Waals surface area contributed by atoms with E-state index in [1.807, 2.05) is 31.2 Å². The van der Waals surface area contributed by atoms with E-state index in [1.165, 1.54) is 17.7 Å². The maximum Gasteiger partial charge on any atom is 0.127 e. The van der Waals surface area contributed by atoms with Gasteiger partial charge in [0.25, 0.3) is 0 Å². The molecule has 2 aromatic rings. The van der Waals surface area contributed by atoms with Crippen LogP contribution in [0.25, 0.3) is 0 Å². The molecule has 3 heteroatoms. The molecule has 0 aliphatic heterocycles. The molecule has 0 saturated carbocycles. The lowest BCUT2D eigenvalue weighted by atomic mass is 10.1. The van der Waals surface area contributed by atoms with Crippen molar-refractivity contribution >= 4 is 0 Å².